The van der Waals surface area contributed by atoms with Crippen LogP contribution in [-0.2, 0) is 4.79 Å². The van der Waals surface area contributed by atoms with Gasteiger partial charge in [0.1, 0.15) is 5.78 Å². The molecule has 3 saturated carbocycles. The molecule has 0 aromatic carbocycles. The van der Waals surface area contributed by atoms with Crippen molar-refractivity contribution >= 4 is 5.78 Å². The Labute approximate surface area is 60.8 Å². The summed E-state index contributed by atoms with van der Waals surface area (Å²) in [5, 5.41) is 0. The average molecular weight is 136 g/mol. The molecule has 3 rings (SSSR count). The number of ketones is 1. The Kier molecular flexibility index (Phi) is 0.781. The number of carbonyl (C=O) groups excluding carboxylic acids is 1. The number of hydrogen-bond donors (Lipinski definition) is 0. The fourth-order valence-electron chi connectivity index (χ4n) is 3.48. The molecule has 3 aliphatic carbocycles. The molecule has 1 heteroatoms. The van der Waals surface area contributed by atoms with Gasteiger partial charge < -0.3 is 0 Å². The van der Waals surface area contributed by atoms with Crippen molar-refractivity contribution in [2.45, 2.75) is 25.7 Å². The van der Waals surface area contributed by atoms with Crippen LogP contribution in [0.3, 0.4) is 0 Å². The van der Waals surface area contributed by atoms with Crippen LogP contribution in [0.25, 0.3) is 0 Å². The summed E-state index contributed by atoms with van der Waals surface area (Å²) >= 11 is 0. The molecule has 2 bridgehead atoms. The van der Waals surface area contributed by atoms with Gasteiger partial charge in [0.15, 0.2) is 0 Å². The standard InChI is InChI=1S/C9H12O/c10-9-6-3-5-1-2-7(9)8(5)4-6/h5-8H,1-4H2/t5-,6?,7?,8?/m1/s1. The molecule has 0 aromatic rings. The Morgan fingerprint density at radius 2 is 2.10 bits per heavy atom. The maximum Gasteiger partial charge on any atom is 0.139 e. The lowest BCUT2D eigenvalue weighted by Gasteiger charge is -2.15. The fourth-order valence-corrected chi connectivity index (χ4v) is 3.48. The average Bonchev–Trinajstić information content (AvgIpc) is 2.43. The van der Waals surface area contributed by atoms with Gasteiger partial charge in [0.2, 0.25) is 0 Å². The topological polar surface area (TPSA) is 17.1 Å². The first-order valence-electron chi connectivity index (χ1n) is 4.40. The summed E-state index contributed by atoms with van der Waals surface area (Å²) in [4.78, 5) is 11.4. The number of carbonyl (C=O) groups is 1. The second-order valence-corrected chi connectivity index (χ2v) is 4.18. The lowest BCUT2D eigenvalue weighted by molar-refractivity contribution is -0.125. The number of rotatable bonds is 0. The molecule has 0 amide bonds. The van der Waals surface area contributed by atoms with E-state index in [9.17, 15) is 4.79 Å². The minimum atomic E-state index is 0.516. The molecular weight excluding hydrogens is 124 g/mol. The van der Waals surface area contributed by atoms with Crippen molar-refractivity contribution in [3.05, 3.63) is 0 Å². The van der Waals surface area contributed by atoms with E-state index in [1.165, 1.54) is 25.7 Å². The highest BCUT2D eigenvalue weighted by atomic mass is 16.1. The summed E-state index contributed by atoms with van der Waals surface area (Å²) in [5.74, 6) is 3.48. The quantitative estimate of drug-likeness (QED) is 0.494. The minimum absolute atomic E-state index is 0.516. The zero-order valence-electron chi connectivity index (χ0n) is 6.05. The van der Waals surface area contributed by atoms with Crippen molar-refractivity contribution in [1.82, 2.24) is 0 Å². The van der Waals surface area contributed by atoms with Gasteiger partial charge in [-0.15, -0.1) is 0 Å². The van der Waals surface area contributed by atoms with Gasteiger partial charge in [-0.25, -0.2) is 0 Å². The highest BCUT2D eigenvalue weighted by molar-refractivity contribution is 5.87. The van der Waals surface area contributed by atoms with Gasteiger partial charge >= 0.3 is 0 Å². The van der Waals surface area contributed by atoms with E-state index in [-0.39, 0.29) is 0 Å². The van der Waals surface area contributed by atoms with Crippen molar-refractivity contribution in [3.8, 4) is 0 Å². The van der Waals surface area contributed by atoms with Crippen molar-refractivity contribution in [2.24, 2.45) is 23.7 Å². The molecule has 10 heavy (non-hydrogen) atoms. The Bertz CT molecular complexity index is 195. The summed E-state index contributed by atoms with van der Waals surface area (Å²) in [6.45, 7) is 0. The van der Waals surface area contributed by atoms with Crippen LogP contribution in [-0.4, -0.2) is 5.78 Å². The largest absolute Gasteiger partial charge is 0.299 e. The molecule has 3 unspecified atom stereocenters. The van der Waals surface area contributed by atoms with Crippen LogP contribution in [0.4, 0.5) is 0 Å². The smallest absolute Gasteiger partial charge is 0.139 e. The van der Waals surface area contributed by atoms with E-state index in [0.29, 0.717) is 17.6 Å². The Balaban J connectivity index is 2.08. The third-order valence-corrected chi connectivity index (χ3v) is 3.88. The molecule has 0 N–H and O–H groups in total. The van der Waals surface area contributed by atoms with Gasteiger partial charge in [-0.05, 0) is 37.5 Å². The molecule has 0 spiro atoms. The molecule has 54 valence electrons. The molecule has 0 saturated heterocycles. The summed E-state index contributed by atoms with van der Waals surface area (Å²) < 4.78 is 0. The van der Waals surface area contributed by atoms with Crippen LogP contribution in [0.5, 0.6) is 0 Å². The van der Waals surface area contributed by atoms with Gasteiger partial charge in [0.05, 0.1) is 0 Å². The van der Waals surface area contributed by atoms with E-state index in [1.807, 2.05) is 0 Å². The first-order chi connectivity index (χ1) is 4.86. The van der Waals surface area contributed by atoms with Crippen molar-refractivity contribution in [2.75, 3.05) is 0 Å². The first kappa shape index (κ1) is 5.34. The highest BCUT2D eigenvalue weighted by Crippen LogP contribution is 2.57. The zero-order chi connectivity index (χ0) is 6.72. The monoisotopic (exact) mass is 136 g/mol. The normalized spacial score (nSPS) is 56.6. The number of hydrogen-bond acceptors (Lipinski definition) is 1. The fraction of sp³-hybridized carbons (Fsp3) is 0.889. The second-order valence-electron chi connectivity index (χ2n) is 4.18. The van der Waals surface area contributed by atoms with Crippen molar-refractivity contribution in [1.29, 1.82) is 0 Å². The third kappa shape index (κ3) is 0.415. The Hall–Kier alpha value is -0.330. The van der Waals surface area contributed by atoms with E-state index in [1.54, 1.807) is 0 Å². The van der Waals surface area contributed by atoms with E-state index in [0.717, 1.165) is 11.8 Å². The first-order valence-corrected chi connectivity index (χ1v) is 4.40. The van der Waals surface area contributed by atoms with E-state index < -0.39 is 0 Å². The van der Waals surface area contributed by atoms with Crippen molar-refractivity contribution in [3.63, 3.8) is 0 Å². The van der Waals surface area contributed by atoms with Gasteiger partial charge in [-0.1, -0.05) is 0 Å². The van der Waals surface area contributed by atoms with Gasteiger partial charge in [0.25, 0.3) is 0 Å². The number of Topliss-reactive ketones (excluding diaryl/α,β-unsaturated/α-hetero) is 1. The Morgan fingerprint density at radius 1 is 1.20 bits per heavy atom. The zero-order valence-corrected chi connectivity index (χ0v) is 6.05. The minimum Gasteiger partial charge on any atom is -0.299 e. The van der Waals surface area contributed by atoms with Crippen LogP contribution in [0.15, 0.2) is 0 Å². The predicted molar refractivity (Wildman–Crippen MR) is 37.4 cm³/mol. The molecule has 0 aliphatic heterocycles. The predicted octanol–water partition coefficient (Wildman–Crippen LogP) is 1.62. The SMILES string of the molecule is O=C1C2CC3C1CC[C@@H]3C2. The van der Waals surface area contributed by atoms with Crippen LogP contribution in [0.1, 0.15) is 25.7 Å². The third-order valence-electron chi connectivity index (χ3n) is 3.88. The van der Waals surface area contributed by atoms with Crippen LogP contribution >= 0.6 is 0 Å². The van der Waals surface area contributed by atoms with Gasteiger partial charge in [0, 0.05) is 11.8 Å². The Morgan fingerprint density at radius 3 is 2.80 bits per heavy atom. The highest BCUT2D eigenvalue weighted by Gasteiger charge is 2.55. The molecule has 0 radical (unpaired) electrons. The summed E-state index contributed by atoms with van der Waals surface area (Å²) in [6, 6.07) is 0. The molecule has 0 aromatic heterocycles. The second kappa shape index (κ2) is 1.46. The summed E-state index contributed by atoms with van der Waals surface area (Å²) in [5.41, 5.74) is 0. The van der Waals surface area contributed by atoms with Crippen LogP contribution < -0.4 is 0 Å². The number of fused-ring (bicyclic) bond motifs is 1. The molecule has 3 fully saturated rings. The van der Waals surface area contributed by atoms with E-state index in [2.05, 4.69) is 0 Å². The summed E-state index contributed by atoms with van der Waals surface area (Å²) in [7, 11) is 0. The van der Waals surface area contributed by atoms with Gasteiger partial charge in [-0.2, -0.15) is 0 Å². The lowest BCUT2D eigenvalue weighted by Crippen LogP contribution is -2.20. The molecule has 4 atom stereocenters. The van der Waals surface area contributed by atoms with E-state index >= 15 is 0 Å². The van der Waals surface area contributed by atoms with Crippen LogP contribution in [0, 0.1) is 23.7 Å². The van der Waals surface area contributed by atoms with Crippen molar-refractivity contribution < 1.29 is 4.79 Å². The van der Waals surface area contributed by atoms with E-state index in [4.69, 9.17) is 0 Å². The maximum absolute atomic E-state index is 11.4. The lowest BCUT2D eigenvalue weighted by atomic mass is 9.88. The molecule has 0 heterocycles. The molecular formula is C9H12O. The molecule has 1 nitrogen and oxygen atoms in total. The maximum atomic E-state index is 11.4. The molecule has 3 aliphatic rings. The summed E-state index contributed by atoms with van der Waals surface area (Å²) in [6.07, 6.45) is 5.09. The van der Waals surface area contributed by atoms with Gasteiger partial charge in [-0.3, -0.25) is 4.79 Å². The van der Waals surface area contributed by atoms with Crippen LogP contribution in [0.2, 0.25) is 0 Å².